The lowest BCUT2D eigenvalue weighted by atomic mass is 10.2. The van der Waals surface area contributed by atoms with Crippen LogP contribution in [0.15, 0.2) is 63.3 Å². The first-order valence-corrected chi connectivity index (χ1v) is 13.6. The van der Waals surface area contributed by atoms with Crippen LogP contribution in [0.25, 0.3) is 0 Å². The molecule has 1 N–H and O–H groups in total. The maximum Gasteiger partial charge on any atom is 0.263 e. The van der Waals surface area contributed by atoms with Gasteiger partial charge in [-0.05, 0) is 44.5 Å². The van der Waals surface area contributed by atoms with Crippen LogP contribution in [0.1, 0.15) is 24.5 Å². The maximum atomic E-state index is 13.0. The van der Waals surface area contributed by atoms with E-state index in [0.717, 1.165) is 5.56 Å². The molecule has 0 saturated carbocycles. The topological polar surface area (TPSA) is 116 Å². The number of rotatable bonds is 4. The molecule has 1 atom stereocenters. The average Bonchev–Trinajstić information content (AvgIpc) is 2.93. The van der Waals surface area contributed by atoms with E-state index in [-0.39, 0.29) is 34.6 Å². The van der Waals surface area contributed by atoms with E-state index in [0.29, 0.717) is 25.1 Å². The van der Waals surface area contributed by atoms with Crippen molar-refractivity contribution >= 4 is 31.8 Å². The molecule has 9 nitrogen and oxygen atoms in total. The summed E-state index contributed by atoms with van der Waals surface area (Å²) >= 11 is 0. The van der Waals surface area contributed by atoms with Crippen LogP contribution in [0, 0.1) is 6.92 Å². The van der Waals surface area contributed by atoms with Crippen molar-refractivity contribution in [3.05, 3.63) is 59.7 Å². The van der Waals surface area contributed by atoms with E-state index >= 15 is 0 Å². The van der Waals surface area contributed by atoms with Gasteiger partial charge in [0, 0.05) is 31.7 Å². The van der Waals surface area contributed by atoms with Crippen LogP contribution in [-0.2, 0) is 24.8 Å². The molecule has 1 saturated heterocycles. The number of hydrogen-bond acceptors (Lipinski definition) is 6. The minimum absolute atomic E-state index is 0.134. The zero-order chi connectivity index (χ0) is 23.8. The molecule has 4 rings (SSSR count). The number of nitrogens with zero attached hydrogens (tertiary/aromatic N) is 3. The molecule has 2 aromatic carbocycles. The van der Waals surface area contributed by atoms with Gasteiger partial charge >= 0.3 is 0 Å². The van der Waals surface area contributed by atoms with Crippen molar-refractivity contribution < 1.29 is 21.6 Å². The quantitative estimate of drug-likeness (QED) is 0.694. The second kappa shape index (κ2) is 8.88. The van der Waals surface area contributed by atoms with Crippen LogP contribution in [0.2, 0.25) is 0 Å². The van der Waals surface area contributed by atoms with Gasteiger partial charge in [0.05, 0.1) is 9.79 Å². The average molecular weight is 491 g/mol. The standard InChI is InChI=1S/C22H26N4O5S2/c1-16-8-10-18(11-9-16)33(30,31)26-13-5-12-25(14-15-26)22(27)17(2)23-21-19-6-3-4-7-20(19)32(28,29)24-21/h3-4,6-11,17H,5,12-15H2,1-2H3,(H,23,24). The lowest BCUT2D eigenvalue weighted by molar-refractivity contribution is -0.131. The highest BCUT2D eigenvalue weighted by molar-refractivity contribution is 7.90. The Morgan fingerprint density at radius 3 is 2.45 bits per heavy atom. The van der Waals surface area contributed by atoms with E-state index in [2.05, 4.69) is 9.71 Å². The predicted octanol–water partition coefficient (Wildman–Crippen LogP) is 1.35. The van der Waals surface area contributed by atoms with Crippen LogP contribution in [-0.4, -0.2) is 70.0 Å². The molecule has 1 amide bonds. The summed E-state index contributed by atoms with van der Waals surface area (Å²) in [6.07, 6.45) is 0.496. The third kappa shape index (κ3) is 4.66. The van der Waals surface area contributed by atoms with E-state index in [1.165, 1.54) is 10.4 Å². The number of fused-ring (bicyclic) bond motifs is 1. The number of hydrogen-bond donors (Lipinski definition) is 1. The van der Waals surface area contributed by atoms with E-state index in [9.17, 15) is 21.6 Å². The van der Waals surface area contributed by atoms with Crippen LogP contribution in [0.3, 0.4) is 0 Å². The Kier molecular flexibility index (Phi) is 6.30. The highest BCUT2D eigenvalue weighted by Gasteiger charge is 2.33. The molecule has 11 heteroatoms. The summed E-state index contributed by atoms with van der Waals surface area (Å²) < 4.78 is 54.4. The summed E-state index contributed by atoms with van der Waals surface area (Å²) in [5, 5.41) is 0. The molecule has 2 aliphatic heterocycles. The maximum absolute atomic E-state index is 13.0. The third-order valence-electron chi connectivity index (χ3n) is 5.77. The number of aryl methyl sites for hydroxylation is 1. The fourth-order valence-electron chi connectivity index (χ4n) is 3.96. The molecule has 176 valence electrons. The molecular weight excluding hydrogens is 464 g/mol. The number of carbonyl (C=O) groups excluding carboxylic acids is 1. The van der Waals surface area contributed by atoms with Crippen molar-refractivity contribution in [1.29, 1.82) is 0 Å². The van der Waals surface area contributed by atoms with Gasteiger partial charge in [-0.25, -0.2) is 16.8 Å². The van der Waals surface area contributed by atoms with Crippen molar-refractivity contribution in [2.75, 3.05) is 26.2 Å². The van der Waals surface area contributed by atoms with Gasteiger partial charge in [-0.15, -0.1) is 0 Å². The van der Waals surface area contributed by atoms with Crippen molar-refractivity contribution in [3.8, 4) is 0 Å². The number of nitrogens with one attached hydrogen (secondary N) is 1. The van der Waals surface area contributed by atoms with E-state index < -0.39 is 26.1 Å². The summed E-state index contributed by atoms with van der Waals surface area (Å²) in [6, 6.07) is 12.4. The Bertz CT molecular complexity index is 1300. The highest BCUT2D eigenvalue weighted by Crippen LogP contribution is 2.23. The molecule has 0 bridgehead atoms. The van der Waals surface area contributed by atoms with Crippen LogP contribution >= 0.6 is 0 Å². The van der Waals surface area contributed by atoms with Gasteiger partial charge < -0.3 is 4.90 Å². The molecule has 0 spiro atoms. The summed E-state index contributed by atoms with van der Waals surface area (Å²) in [5.74, 6) is -0.134. The minimum atomic E-state index is -3.69. The largest absolute Gasteiger partial charge is 0.339 e. The van der Waals surface area contributed by atoms with Gasteiger partial charge in [0.1, 0.15) is 11.9 Å². The van der Waals surface area contributed by atoms with Gasteiger partial charge in [-0.3, -0.25) is 14.5 Å². The summed E-state index contributed by atoms with van der Waals surface area (Å²) in [6.45, 7) is 4.64. The van der Waals surface area contributed by atoms with Gasteiger partial charge in [0.2, 0.25) is 15.9 Å². The normalized spacial score (nSPS) is 20.7. The summed E-state index contributed by atoms with van der Waals surface area (Å²) in [4.78, 5) is 19.4. The number of carbonyl (C=O) groups is 1. The minimum Gasteiger partial charge on any atom is -0.339 e. The smallest absolute Gasteiger partial charge is 0.263 e. The van der Waals surface area contributed by atoms with Crippen molar-refractivity contribution in [2.45, 2.75) is 36.1 Å². The Morgan fingerprint density at radius 1 is 1.03 bits per heavy atom. The summed E-state index contributed by atoms with van der Waals surface area (Å²) in [7, 11) is -7.33. The molecule has 0 aliphatic carbocycles. The van der Waals surface area contributed by atoms with Gasteiger partial charge in [-0.1, -0.05) is 29.8 Å². The molecular formula is C22H26N4O5S2. The van der Waals surface area contributed by atoms with Crippen LogP contribution in [0.4, 0.5) is 0 Å². The second-order valence-electron chi connectivity index (χ2n) is 8.15. The van der Waals surface area contributed by atoms with Crippen molar-refractivity contribution in [3.63, 3.8) is 0 Å². The lowest BCUT2D eigenvalue weighted by Gasteiger charge is -2.23. The molecule has 1 fully saturated rings. The number of aliphatic imine (C=N–C) groups is 1. The Hall–Kier alpha value is -2.76. The van der Waals surface area contributed by atoms with Gasteiger partial charge in [-0.2, -0.15) is 4.31 Å². The molecule has 1 unspecified atom stereocenters. The number of benzene rings is 2. The fraction of sp³-hybridized carbons (Fsp3) is 0.364. The molecule has 2 aliphatic rings. The zero-order valence-electron chi connectivity index (χ0n) is 18.4. The molecule has 0 aromatic heterocycles. The van der Waals surface area contributed by atoms with Crippen LogP contribution < -0.4 is 4.72 Å². The molecule has 2 aromatic rings. The highest BCUT2D eigenvalue weighted by atomic mass is 32.2. The Morgan fingerprint density at radius 2 is 1.73 bits per heavy atom. The number of amides is 1. The summed E-state index contributed by atoms with van der Waals surface area (Å²) in [5.41, 5.74) is 1.41. The monoisotopic (exact) mass is 490 g/mol. The third-order valence-corrected chi connectivity index (χ3v) is 9.08. The Balaban J connectivity index is 1.47. The van der Waals surface area contributed by atoms with Crippen molar-refractivity contribution in [2.24, 2.45) is 4.99 Å². The van der Waals surface area contributed by atoms with E-state index in [4.69, 9.17) is 0 Å². The first kappa shape index (κ1) is 23.4. The fourth-order valence-corrected chi connectivity index (χ4v) is 6.67. The van der Waals surface area contributed by atoms with Gasteiger partial charge in [0.15, 0.2) is 0 Å². The molecule has 33 heavy (non-hydrogen) atoms. The first-order chi connectivity index (χ1) is 15.6. The number of amidine groups is 1. The van der Waals surface area contributed by atoms with Crippen molar-refractivity contribution in [1.82, 2.24) is 13.9 Å². The predicted molar refractivity (Wildman–Crippen MR) is 124 cm³/mol. The second-order valence-corrected chi connectivity index (χ2v) is 11.7. The molecule has 2 heterocycles. The van der Waals surface area contributed by atoms with E-state index in [1.807, 2.05) is 6.92 Å². The first-order valence-electron chi connectivity index (χ1n) is 10.7. The van der Waals surface area contributed by atoms with E-state index in [1.54, 1.807) is 54.3 Å². The zero-order valence-corrected chi connectivity index (χ0v) is 20.1. The van der Waals surface area contributed by atoms with Gasteiger partial charge in [0.25, 0.3) is 10.0 Å². The Labute approximate surface area is 194 Å². The van der Waals surface area contributed by atoms with Crippen LogP contribution in [0.5, 0.6) is 0 Å². The molecule has 0 radical (unpaired) electrons. The SMILES string of the molecule is Cc1ccc(S(=O)(=O)N2CCCN(C(=O)C(C)N=C3NS(=O)(=O)c4ccccc43)CC2)cc1. The number of sulfonamides is 2. The lowest BCUT2D eigenvalue weighted by Crippen LogP contribution is -2.41.